The van der Waals surface area contributed by atoms with E-state index in [1.165, 1.54) is 0 Å². The molecule has 0 N–H and O–H groups in total. The third-order valence-corrected chi connectivity index (χ3v) is 4.59. The molecule has 0 atom stereocenters. The van der Waals surface area contributed by atoms with Crippen LogP contribution >= 0.6 is 15.9 Å². The van der Waals surface area contributed by atoms with E-state index in [-0.39, 0.29) is 0 Å². The quantitative estimate of drug-likeness (QED) is 0.629. The van der Waals surface area contributed by atoms with Gasteiger partial charge in [0.25, 0.3) is 0 Å². The minimum Gasteiger partial charge on any atom is -0.493 e. The van der Waals surface area contributed by atoms with Crippen molar-refractivity contribution in [1.82, 2.24) is 0 Å². The maximum atomic E-state index is 10.7. The topological polar surface area (TPSA) is 47.9 Å². The summed E-state index contributed by atoms with van der Waals surface area (Å²) in [6, 6.07) is 1.97. The highest BCUT2D eigenvalue weighted by Crippen LogP contribution is 2.52. The highest BCUT2D eigenvalue weighted by molar-refractivity contribution is 9.10. The molecule has 0 aliphatic heterocycles. The van der Waals surface area contributed by atoms with Crippen LogP contribution in [0.1, 0.15) is 30.4 Å². The number of methoxy groups -OCH3 is 2. The fourth-order valence-corrected chi connectivity index (χ4v) is 2.95. The molecule has 19 heavy (non-hydrogen) atoms. The van der Waals surface area contributed by atoms with Gasteiger partial charge >= 0.3 is 0 Å². The maximum Gasteiger partial charge on any atom is 0.235 e. The minimum atomic E-state index is -0.503. The van der Waals surface area contributed by atoms with Gasteiger partial charge in [0.1, 0.15) is 5.54 Å². The number of hydrogen-bond acceptors (Lipinski definition) is 4. The minimum absolute atomic E-state index is 0.503. The van der Waals surface area contributed by atoms with E-state index in [1.807, 2.05) is 13.0 Å². The molecule has 2 rings (SSSR count). The van der Waals surface area contributed by atoms with Crippen LogP contribution in [0.4, 0.5) is 0 Å². The van der Waals surface area contributed by atoms with Crippen molar-refractivity contribution < 1.29 is 14.3 Å². The van der Waals surface area contributed by atoms with E-state index in [1.54, 1.807) is 20.3 Å². The van der Waals surface area contributed by atoms with Gasteiger partial charge in [0.2, 0.25) is 6.08 Å². The lowest BCUT2D eigenvalue weighted by molar-refractivity contribution is 0.242. The third kappa shape index (κ3) is 2.17. The Balaban J connectivity index is 2.69. The average molecular weight is 326 g/mol. The lowest BCUT2D eigenvalue weighted by Crippen LogP contribution is -2.32. The van der Waals surface area contributed by atoms with Gasteiger partial charge in [-0.2, -0.15) is 4.99 Å². The normalized spacial score (nSPS) is 16.2. The molecule has 1 aliphatic rings. The Labute approximate surface area is 120 Å². The Bertz CT molecular complexity index is 546. The van der Waals surface area contributed by atoms with Crippen molar-refractivity contribution in [2.45, 2.75) is 31.7 Å². The molecular formula is C14H16BrNO3. The van der Waals surface area contributed by atoms with Crippen molar-refractivity contribution in [3.8, 4) is 11.5 Å². The Kier molecular flexibility index (Phi) is 3.97. The molecule has 0 saturated heterocycles. The van der Waals surface area contributed by atoms with E-state index in [4.69, 9.17) is 9.47 Å². The van der Waals surface area contributed by atoms with Crippen molar-refractivity contribution >= 4 is 22.0 Å². The van der Waals surface area contributed by atoms with Crippen molar-refractivity contribution in [3.63, 3.8) is 0 Å². The number of ether oxygens (including phenoxy) is 2. The molecule has 1 aliphatic carbocycles. The number of carbonyl (C=O) groups excluding carboxylic acids is 1. The van der Waals surface area contributed by atoms with Gasteiger partial charge in [0, 0.05) is 15.6 Å². The van der Waals surface area contributed by atoms with Crippen LogP contribution < -0.4 is 9.47 Å². The van der Waals surface area contributed by atoms with Gasteiger partial charge < -0.3 is 9.47 Å². The SMILES string of the molecule is COc1c(C2(N=C=O)CCC2)cc(Br)c(C)c1OC. The van der Waals surface area contributed by atoms with Gasteiger partial charge in [-0.05, 0) is 32.3 Å². The summed E-state index contributed by atoms with van der Waals surface area (Å²) in [5.74, 6) is 1.33. The number of aliphatic imine (C=N–C) groups is 1. The van der Waals surface area contributed by atoms with Gasteiger partial charge in [0.05, 0.1) is 14.2 Å². The first-order chi connectivity index (χ1) is 9.09. The number of nitrogens with zero attached hydrogens (tertiary/aromatic N) is 1. The molecule has 1 aromatic carbocycles. The Morgan fingerprint density at radius 3 is 2.37 bits per heavy atom. The first-order valence-electron chi connectivity index (χ1n) is 6.10. The molecule has 4 nitrogen and oxygen atoms in total. The Hall–Kier alpha value is -1.32. The largest absolute Gasteiger partial charge is 0.493 e. The van der Waals surface area contributed by atoms with E-state index in [9.17, 15) is 4.79 Å². The molecule has 5 heteroatoms. The molecule has 1 fully saturated rings. The third-order valence-electron chi connectivity index (χ3n) is 3.77. The molecule has 1 aromatic rings. The summed E-state index contributed by atoms with van der Waals surface area (Å²) in [6.45, 7) is 1.95. The van der Waals surface area contributed by atoms with Crippen LogP contribution in [0.25, 0.3) is 0 Å². The molecule has 0 heterocycles. The van der Waals surface area contributed by atoms with E-state index >= 15 is 0 Å². The van der Waals surface area contributed by atoms with Crippen LogP contribution in [-0.4, -0.2) is 20.3 Å². The van der Waals surface area contributed by atoms with Gasteiger partial charge in [0.15, 0.2) is 11.5 Å². The highest BCUT2D eigenvalue weighted by atomic mass is 79.9. The summed E-state index contributed by atoms with van der Waals surface area (Å²) < 4.78 is 11.9. The fourth-order valence-electron chi connectivity index (χ4n) is 2.54. The second-order valence-electron chi connectivity index (χ2n) is 4.69. The predicted octanol–water partition coefficient (Wildman–Crippen LogP) is 3.49. The van der Waals surface area contributed by atoms with Crippen molar-refractivity contribution in [2.75, 3.05) is 14.2 Å². The van der Waals surface area contributed by atoms with Gasteiger partial charge in [-0.3, -0.25) is 0 Å². The van der Waals surface area contributed by atoms with Gasteiger partial charge in [-0.1, -0.05) is 15.9 Å². The molecule has 0 unspecified atom stereocenters. The summed E-state index contributed by atoms with van der Waals surface area (Å²) in [5, 5.41) is 0. The zero-order valence-electron chi connectivity index (χ0n) is 11.2. The zero-order chi connectivity index (χ0) is 14.0. The van der Waals surface area contributed by atoms with E-state index in [0.29, 0.717) is 11.5 Å². The summed E-state index contributed by atoms with van der Waals surface area (Å²) in [7, 11) is 3.21. The first-order valence-corrected chi connectivity index (χ1v) is 6.89. The van der Waals surface area contributed by atoms with Crippen LogP contribution in [0.5, 0.6) is 11.5 Å². The summed E-state index contributed by atoms with van der Waals surface area (Å²) in [5.41, 5.74) is 1.35. The first kappa shape index (κ1) is 14.1. The number of rotatable bonds is 4. The fraction of sp³-hybridized carbons (Fsp3) is 0.500. The van der Waals surface area contributed by atoms with Crippen LogP contribution in [0, 0.1) is 6.92 Å². The smallest absolute Gasteiger partial charge is 0.235 e. The number of benzene rings is 1. The monoisotopic (exact) mass is 325 g/mol. The standard InChI is InChI=1S/C14H16BrNO3/c1-9-11(15)7-10(13(19-3)12(9)18-2)14(16-8-17)5-4-6-14/h7H,4-6H2,1-3H3. The van der Waals surface area contributed by atoms with E-state index in [0.717, 1.165) is 34.9 Å². The molecule has 0 aromatic heterocycles. The zero-order valence-corrected chi connectivity index (χ0v) is 12.8. The lowest BCUT2D eigenvalue weighted by Gasteiger charge is -2.38. The summed E-state index contributed by atoms with van der Waals surface area (Å²) >= 11 is 3.52. The van der Waals surface area contributed by atoms with Crippen LogP contribution in [0.2, 0.25) is 0 Å². The average Bonchev–Trinajstić information content (AvgIpc) is 2.36. The van der Waals surface area contributed by atoms with E-state index in [2.05, 4.69) is 20.9 Å². The highest BCUT2D eigenvalue weighted by Gasteiger charge is 2.42. The molecular weight excluding hydrogens is 310 g/mol. The van der Waals surface area contributed by atoms with Gasteiger partial charge in [-0.25, -0.2) is 4.79 Å². The summed E-state index contributed by atoms with van der Waals surface area (Å²) in [6.07, 6.45) is 4.40. The van der Waals surface area contributed by atoms with Crippen LogP contribution in [0.3, 0.4) is 0 Å². The molecule has 0 radical (unpaired) electrons. The van der Waals surface area contributed by atoms with Gasteiger partial charge in [-0.15, -0.1) is 0 Å². The number of hydrogen-bond donors (Lipinski definition) is 0. The molecule has 0 bridgehead atoms. The molecule has 102 valence electrons. The number of halogens is 1. The second kappa shape index (κ2) is 5.35. The summed E-state index contributed by atoms with van der Waals surface area (Å²) in [4.78, 5) is 14.7. The Morgan fingerprint density at radius 1 is 1.32 bits per heavy atom. The second-order valence-corrected chi connectivity index (χ2v) is 5.54. The van der Waals surface area contributed by atoms with Crippen molar-refractivity contribution in [1.29, 1.82) is 0 Å². The van der Waals surface area contributed by atoms with Crippen LogP contribution in [0.15, 0.2) is 15.5 Å². The number of isocyanates is 1. The Morgan fingerprint density at radius 2 is 1.95 bits per heavy atom. The van der Waals surface area contributed by atoms with Crippen molar-refractivity contribution in [2.24, 2.45) is 4.99 Å². The van der Waals surface area contributed by atoms with Crippen LogP contribution in [-0.2, 0) is 10.3 Å². The maximum absolute atomic E-state index is 10.7. The molecule has 0 amide bonds. The predicted molar refractivity (Wildman–Crippen MR) is 75.6 cm³/mol. The lowest BCUT2D eigenvalue weighted by atomic mass is 9.72. The molecule has 1 saturated carbocycles. The molecule has 0 spiro atoms. The van der Waals surface area contributed by atoms with E-state index < -0.39 is 5.54 Å². The van der Waals surface area contributed by atoms with Crippen molar-refractivity contribution in [3.05, 3.63) is 21.7 Å².